The zero-order chi connectivity index (χ0) is 11.5. The van der Waals surface area contributed by atoms with Crippen molar-refractivity contribution in [1.29, 1.82) is 0 Å². The number of hydrogen-bond acceptors (Lipinski definition) is 4. The molecule has 0 radical (unpaired) electrons. The number of hydrogen-bond donors (Lipinski definition) is 3. The van der Waals surface area contributed by atoms with E-state index in [2.05, 4.69) is 5.32 Å². The van der Waals surface area contributed by atoms with Crippen molar-refractivity contribution in [3.8, 4) is 0 Å². The molecule has 4 N–H and O–H groups in total. The van der Waals surface area contributed by atoms with Crippen LogP contribution in [0.2, 0.25) is 0 Å². The van der Waals surface area contributed by atoms with Gasteiger partial charge in [0.2, 0.25) is 5.91 Å². The van der Waals surface area contributed by atoms with Gasteiger partial charge >= 0.3 is 6.03 Å². The van der Waals surface area contributed by atoms with Gasteiger partial charge < -0.3 is 15.8 Å². The van der Waals surface area contributed by atoms with E-state index in [9.17, 15) is 9.59 Å². The van der Waals surface area contributed by atoms with E-state index in [1.54, 1.807) is 0 Å². The van der Waals surface area contributed by atoms with Gasteiger partial charge in [0.1, 0.15) is 0 Å². The minimum Gasteiger partial charge on any atom is -0.377 e. The van der Waals surface area contributed by atoms with E-state index in [1.807, 2.05) is 19.2 Å². The summed E-state index contributed by atoms with van der Waals surface area (Å²) in [5.74, 6) is -0.428. The third-order valence-corrected chi connectivity index (χ3v) is 2.80. The number of imide groups is 1. The summed E-state index contributed by atoms with van der Waals surface area (Å²) in [6, 6.07) is -0.831. The number of carbonyl (C=O) groups excluding carboxylic acids is 2. The molecule has 3 amide bonds. The number of nitrogens with two attached hydrogens (primary N) is 1. The molecule has 2 unspecified atom stereocenters. The van der Waals surface area contributed by atoms with Crippen molar-refractivity contribution < 1.29 is 14.3 Å². The molecular weight excluding hydrogens is 198 g/mol. The first kappa shape index (κ1) is 11.9. The lowest BCUT2D eigenvalue weighted by atomic mass is 9.95. The summed E-state index contributed by atoms with van der Waals surface area (Å²) in [6.07, 6.45) is 0.900. The van der Waals surface area contributed by atoms with Gasteiger partial charge in [-0.2, -0.15) is 0 Å². The van der Waals surface area contributed by atoms with Crippen molar-refractivity contribution in [2.24, 2.45) is 5.73 Å². The van der Waals surface area contributed by atoms with Crippen LogP contribution in [-0.4, -0.2) is 36.7 Å². The number of primary amides is 1. The Morgan fingerprint density at radius 2 is 2.27 bits per heavy atom. The molecule has 1 aliphatic rings. The largest absolute Gasteiger partial charge is 0.377 e. The molecule has 86 valence electrons. The minimum atomic E-state index is -0.831. The van der Waals surface area contributed by atoms with Crippen molar-refractivity contribution in [3.05, 3.63) is 0 Å². The van der Waals surface area contributed by atoms with Crippen LogP contribution < -0.4 is 16.4 Å². The molecule has 0 saturated carbocycles. The Balaban J connectivity index is 2.36. The highest BCUT2D eigenvalue weighted by atomic mass is 16.5. The molecule has 1 aliphatic heterocycles. The maximum absolute atomic E-state index is 11.1. The highest BCUT2D eigenvalue weighted by Gasteiger charge is 2.36. The Kier molecular flexibility index (Phi) is 3.65. The monoisotopic (exact) mass is 215 g/mol. The van der Waals surface area contributed by atoms with Gasteiger partial charge in [0.05, 0.1) is 12.6 Å². The second-order valence-corrected chi connectivity index (χ2v) is 3.95. The van der Waals surface area contributed by atoms with Gasteiger partial charge in [0, 0.05) is 12.1 Å². The summed E-state index contributed by atoms with van der Waals surface area (Å²) in [5.41, 5.74) is 4.60. The van der Waals surface area contributed by atoms with Crippen molar-refractivity contribution in [3.63, 3.8) is 0 Å². The van der Waals surface area contributed by atoms with E-state index in [4.69, 9.17) is 10.5 Å². The van der Waals surface area contributed by atoms with Gasteiger partial charge in [-0.05, 0) is 20.3 Å². The van der Waals surface area contributed by atoms with Crippen LogP contribution in [0.1, 0.15) is 20.3 Å². The fourth-order valence-corrected chi connectivity index (χ4v) is 1.53. The molecule has 0 aromatic heterocycles. The van der Waals surface area contributed by atoms with Crippen molar-refractivity contribution >= 4 is 11.9 Å². The summed E-state index contributed by atoms with van der Waals surface area (Å²) < 4.78 is 5.40. The average molecular weight is 215 g/mol. The predicted octanol–water partition coefficient (Wildman–Crippen LogP) is -0.662. The lowest BCUT2D eigenvalue weighted by Crippen LogP contribution is -2.52. The quantitative estimate of drug-likeness (QED) is 0.582. The topological polar surface area (TPSA) is 93.4 Å². The summed E-state index contributed by atoms with van der Waals surface area (Å²) >= 11 is 0. The molecule has 1 rings (SSSR count). The maximum Gasteiger partial charge on any atom is 0.318 e. The molecule has 6 nitrogen and oxygen atoms in total. The Morgan fingerprint density at radius 1 is 1.60 bits per heavy atom. The molecule has 0 aromatic rings. The number of urea groups is 1. The highest BCUT2D eigenvalue weighted by molar-refractivity contribution is 5.94. The molecular formula is C9H17N3O3. The van der Waals surface area contributed by atoms with E-state index in [-0.39, 0.29) is 18.2 Å². The summed E-state index contributed by atoms with van der Waals surface area (Å²) in [6.45, 7) is 4.68. The molecule has 1 heterocycles. The minimum absolute atomic E-state index is 0.0545. The summed E-state index contributed by atoms with van der Waals surface area (Å²) in [4.78, 5) is 21.5. The zero-order valence-electron chi connectivity index (χ0n) is 9.00. The smallest absolute Gasteiger partial charge is 0.318 e. The Morgan fingerprint density at radius 3 is 2.73 bits per heavy atom. The Bertz CT molecular complexity index is 269. The van der Waals surface area contributed by atoms with Crippen molar-refractivity contribution in [1.82, 2.24) is 10.6 Å². The third-order valence-electron chi connectivity index (χ3n) is 2.80. The zero-order valence-corrected chi connectivity index (χ0v) is 9.00. The van der Waals surface area contributed by atoms with Crippen molar-refractivity contribution in [2.45, 2.75) is 31.9 Å². The lowest BCUT2D eigenvalue weighted by molar-refractivity contribution is -0.119. The van der Waals surface area contributed by atoms with Gasteiger partial charge in [-0.3, -0.25) is 10.1 Å². The van der Waals surface area contributed by atoms with Gasteiger partial charge in [-0.1, -0.05) is 0 Å². The van der Waals surface area contributed by atoms with Crippen LogP contribution in [-0.2, 0) is 9.53 Å². The van der Waals surface area contributed by atoms with E-state index in [0.717, 1.165) is 6.42 Å². The average Bonchev–Trinajstić information content (AvgIpc) is 2.44. The normalized spacial score (nSPS) is 30.1. The van der Waals surface area contributed by atoms with Crippen LogP contribution in [0.4, 0.5) is 4.79 Å². The molecule has 0 bridgehead atoms. The van der Waals surface area contributed by atoms with E-state index >= 15 is 0 Å². The third kappa shape index (κ3) is 3.17. The standard InChI is InChI=1S/C9H17N3O3/c1-6-9(2,3-4-15-6)11-5-7(13)12-8(10)14/h6,11H,3-5H2,1-2H3,(H3,10,12,13,14). The van der Waals surface area contributed by atoms with Crippen molar-refractivity contribution in [2.75, 3.05) is 13.2 Å². The number of carbonyl (C=O) groups is 2. The molecule has 15 heavy (non-hydrogen) atoms. The maximum atomic E-state index is 11.1. The predicted molar refractivity (Wildman–Crippen MR) is 54.2 cm³/mol. The van der Waals surface area contributed by atoms with Crippen LogP contribution in [0.15, 0.2) is 0 Å². The molecule has 6 heteroatoms. The number of nitrogens with one attached hydrogen (secondary N) is 2. The SMILES string of the molecule is CC1OCCC1(C)NCC(=O)NC(N)=O. The molecule has 0 aliphatic carbocycles. The molecule has 0 aromatic carbocycles. The number of rotatable bonds is 3. The second kappa shape index (κ2) is 4.59. The van der Waals surface area contributed by atoms with Crippen LogP contribution in [0.5, 0.6) is 0 Å². The summed E-state index contributed by atoms with van der Waals surface area (Å²) in [7, 11) is 0. The fourth-order valence-electron chi connectivity index (χ4n) is 1.53. The fraction of sp³-hybridized carbons (Fsp3) is 0.778. The van der Waals surface area contributed by atoms with E-state index in [1.165, 1.54) is 0 Å². The van der Waals surface area contributed by atoms with Gasteiger partial charge in [0.15, 0.2) is 0 Å². The first-order valence-corrected chi connectivity index (χ1v) is 4.90. The number of ether oxygens (including phenoxy) is 1. The second-order valence-electron chi connectivity index (χ2n) is 3.95. The van der Waals surface area contributed by atoms with Crippen LogP contribution in [0.3, 0.4) is 0 Å². The summed E-state index contributed by atoms with van der Waals surface area (Å²) in [5, 5.41) is 5.06. The van der Waals surface area contributed by atoms with Gasteiger partial charge in [-0.15, -0.1) is 0 Å². The molecule has 1 fully saturated rings. The first-order valence-electron chi connectivity index (χ1n) is 4.90. The van der Waals surface area contributed by atoms with Gasteiger partial charge in [-0.25, -0.2) is 4.79 Å². The Labute approximate surface area is 88.5 Å². The molecule has 1 saturated heterocycles. The Hall–Kier alpha value is -1.14. The van der Waals surface area contributed by atoms with Crippen LogP contribution in [0.25, 0.3) is 0 Å². The van der Waals surface area contributed by atoms with E-state index in [0.29, 0.717) is 6.61 Å². The van der Waals surface area contributed by atoms with Crippen LogP contribution in [0, 0.1) is 0 Å². The molecule has 0 spiro atoms. The molecule has 2 atom stereocenters. The highest BCUT2D eigenvalue weighted by Crippen LogP contribution is 2.24. The van der Waals surface area contributed by atoms with Gasteiger partial charge in [0.25, 0.3) is 0 Å². The van der Waals surface area contributed by atoms with Crippen LogP contribution >= 0.6 is 0 Å². The lowest BCUT2D eigenvalue weighted by Gasteiger charge is -2.28. The number of amides is 3. The first-order chi connectivity index (χ1) is 6.94. The van der Waals surface area contributed by atoms with E-state index < -0.39 is 11.9 Å².